The molecule has 4 heterocycles. The highest BCUT2D eigenvalue weighted by Gasteiger charge is 2.64. The maximum atomic E-state index is 12.7. The molecule has 1 aromatic carbocycles. The minimum absolute atomic E-state index is 0.0273. The first-order chi connectivity index (χ1) is 12.7. The summed E-state index contributed by atoms with van der Waals surface area (Å²) in [4.78, 5) is 21.6. The molecule has 2 aromatic rings. The molecule has 6 heteroatoms. The maximum Gasteiger partial charge on any atom is 0.226 e. The predicted molar refractivity (Wildman–Crippen MR) is 96.0 cm³/mol. The van der Waals surface area contributed by atoms with Gasteiger partial charge in [0.2, 0.25) is 5.91 Å². The van der Waals surface area contributed by atoms with Crippen LogP contribution in [-0.2, 0) is 22.6 Å². The van der Waals surface area contributed by atoms with Crippen molar-refractivity contribution in [1.29, 1.82) is 0 Å². The number of amides is 1. The Labute approximate surface area is 153 Å². The van der Waals surface area contributed by atoms with Crippen LogP contribution in [-0.4, -0.2) is 50.1 Å². The minimum Gasteiger partial charge on any atom is -0.344 e. The summed E-state index contributed by atoms with van der Waals surface area (Å²) >= 11 is 0. The van der Waals surface area contributed by atoms with E-state index >= 15 is 0 Å². The summed E-state index contributed by atoms with van der Waals surface area (Å²) in [7, 11) is 0. The van der Waals surface area contributed by atoms with Gasteiger partial charge in [-0.05, 0) is 12.5 Å². The Morgan fingerprint density at radius 1 is 1.31 bits per heavy atom. The highest BCUT2D eigenvalue weighted by molar-refractivity contribution is 5.81. The first-order valence-corrected chi connectivity index (χ1v) is 9.48. The molecule has 3 aliphatic rings. The van der Waals surface area contributed by atoms with E-state index in [1.807, 2.05) is 35.5 Å². The summed E-state index contributed by atoms with van der Waals surface area (Å²) in [5.74, 6) is 1.28. The summed E-state index contributed by atoms with van der Waals surface area (Å²) in [6.07, 6.45) is 5.27. The molecule has 3 atom stereocenters. The van der Waals surface area contributed by atoms with Gasteiger partial charge in [-0.2, -0.15) is 0 Å². The van der Waals surface area contributed by atoms with Gasteiger partial charge in [-0.1, -0.05) is 30.3 Å². The normalized spacial score (nSPS) is 30.8. The molecule has 0 N–H and O–H groups in total. The molecule has 1 amide bonds. The van der Waals surface area contributed by atoms with E-state index in [9.17, 15) is 4.79 Å². The zero-order valence-corrected chi connectivity index (χ0v) is 15.0. The molecule has 0 unspecified atom stereocenters. The van der Waals surface area contributed by atoms with Crippen LogP contribution in [0.5, 0.6) is 0 Å². The predicted octanol–water partition coefficient (Wildman–Crippen LogP) is 2.18. The third-order valence-electron chi connectivity index (χ3n) is 6.20. The smallest absolute Gasteiger partial charge is 0.226 e. The standard InChI is InChI=1S/C20H24N4O2/c1-2-22-11-9-21-18(22)14-23-10-8-20-17(23)12-19(25)24(20)13-16(26-20)15-6-4-3-5-7-15/h3-7,9,11,16-17H,2,8,10,12-14H2,1H3/t16-,17-,20+/m1/s1. The number of benzene rings is 1. The molecule has 3 saturated heterocycles. The Morgan fingerprint density at radius 3 is 2.96 bits per heavy atom. The van der Waals surface area contributed by atoms with Crippen molar-refractivity contribution in [2.45, 2.75) is 50.7 Å². The molecule has 0 saturated carbocycles. The van der Waals surface area contributed by atoms with Crippen molar-refractivity contribution >= 4 is 5.91 Å². The van der Waals surface area contributed by atoms with E-state index in [4.69, 9.17) is 4.74 Å². The van der Waals surface area contributed by atoms with Gasteiger partial charge in [-0.3, -0.25) is 9.69 Å². The van der Waals surface area contributed by atoms with Gasteiger partial charge in [0.1, 0.15) is 11.9 Å². The highest BCUT2D eigenvalue weighted by Crippen LogP contribution is 2.50. The first-order valence-electron chi connectivity index (χ1n) is 9.48. The number of carbonyl (C=O) groups excluding carboxylic acids is 1. The number of nitrogens with zero attached hydrogens (tertiary/aromatic N) is 4. The molecule has 5 rings (SSSR count). The number of aryl methyl sites for hydroxylation is 1. The van der Waals surface area contributed by atoms with Crippen molar-refractivity contribution in [2.75, 3.05) is 13.1 Å². The molecule has 26 heavy (non-hydrogen) atoms. The number of aromatic nitrogens is 2. The van der Waals surface area contributed by atoms with Gasteiger partial charge in [0.15, 0.2) is 5.72 Å². The lowest BCUT2D eigenvalue weighted by Gasteiger charge is -2.32. The second kappa shape index (κ2) is 5.93. The van der Waals surface area contributed by atoms with E-state index in [0.29, 0.717) is 13.0 Å². The molecule has 1 aromatic heterocycles. The summed E-state index contributed by atoms with van der Waals surface area (Å²) in [6.45, 7) is 5.41. The van der Waals surface area contributed by atoms with Crippen molar-refractivity contribution in [1.82, 2.24) is 19.4 Å². The summed E-state index contributed by atoms with van der Waals surface area (Å²) in [6, 6.07) is 10.4. The van der Waals surface area contributed by atoms with Gasteiger partial charge in [-0.25, -0.2) is 4.98 Å². The molecule has 0 aliphatic carbocycles. The number of rotatable bonds is 4. The summed E-state index contributed by atoms with van der Waals surface area (Å²) in [5, 5.41) is 0. The van der Waals surface area contributed by atoms with Crippen LogP contribution < -0.4 is 0 Å². The van der Waals surface area contributed by atoms with Crippen LogP contribution in [0.2, 0.25) is 0 Å². The fourth-order valence-electron chi connectivity index (χ4n) is 4.90. The summed E-state index contributed by atoms with van der Waals surface area (Å²) < 4.78 is 8.76. The fourth-order valence-corrected chi connectivity index (χ4v) is 4.90. The van der Waals surface area contributed by atoms with Crippen molar-refractivity contribution < 1.29 is 9.53 Å². The third kappa shape index (κ3) is 2.25. The Kier molecular flexibility index (Phi) is 3.65. The van der Waals surface area contributed by atoms with Crippen LogP contribution >= 0.6 is 0 Å². The van der Waals surface area contributed by atoms with E-state index in [0.717, 1.165) is 37.4 Å². The van der Waals surface area contributed by atoms with Gasteiger partial charge in [0.05, 0.1) is 19.1 Å². The van der Waals surface area contributed by atoms with Gasteiger partial charge >= 0.3 is 0 Å². The van der Waals surface area contributed by atoms with Crippen molar-refractivity contribution in [3.8, 4) is 0 Å². The number of carbonyl (C=O) groups is 1. The van der Waals surface area contributed by atoms with Crippen LogP contribution in [0, 0.1) is 0 Å². The molecule has 1 spiro atoms. The highest BCUT2D eigenvalue weighted by atomic mass is 16.5. The topological polar surface area (TPSA) is 50.6 Å². The van der Waals surface area contributed by atoms with E-state index in [2.05, 4.69) is 33.5 Å². The molecule has 136 valence electrons. The Morgan fingerprint density at radius 2 is 2.15 bits per heavy atom. The quantitative estimate of drug-likeness (QED) is 0.846. The molecule has 0 bridgehead atoms. The van der Waals surface area contributed by atoms with Gasteiger partial charge in [0, 0.05) is 38.3 Å². The van der Waals surface area contributed by atoms with Crippen LogP contribution in [0.15, 0.2) is 42.7 Å². The monoisotopic (exact) mass is 352 g/mol. The number of ether oxygens (including phenoxy) is 1. The summed E-state index contributed by atoms with van der Waals surface area (Å²) in [5.41, 5.74) is 0.698. The second-order valence-corrected chi connectivity index (χ2v) is 7.44. The van der Waals surface area contributed by atoms with Crippen LogP contribution in [0.1, 0.15) is 37.3 Å². The molecule has 6 nitrogen and oxygen atoms in total. The third-order valence-corrected chi connectivity index (χ3v) is 6.20. The number of hydrogen-bond donors (Lipinski definition) is 0. The van der Waals surface area contributed by atoms with Gasteiger partial charge in [-0.15, -0.1) is 0 Å². The Bertz CT molecular complexity index is 820. The average Bonchev–Trinajstić information content (AvgIpc) is 3.39. The first kappa shape index (κ1) is 16.0. The lowest BCUT2D eigenvalue weighted by atomic mass is 10.1. The lowest BCUT2D eigenvalue weighted by Crippen LogP contribution is -2.47. The number of imidazole rings is 1. The van der Waals surface area contributed by atoms with E-state index in [-0.39, 0.29) is 18.1 Å². The second-order valence-electron chi connectivity index (χ2n) is 7.44. The molecular weight excluding hydrogens is 328 g/mol. The van der Waals surface area contributed by atoms with Crippen molar-refractivity contribution in [3.63, 3.8) is 0 Å². The zero-order valence-electron chi connectivity index (χ0n) is 15.0. The largest absolute Gasteiger partial charge is 0.344 e. The average molecular weight is 352 g/mol. The number of hydrogen-bond acceptors (Lipinski definition) is 4. The Hall–Kier alpha value is -2.18. The minimum atomic E-state index is -0.457. The molecule has 0 radical (unpaired) electrons. The fraction of sp³-hybridized carbons (Fsp3) is 0.500. The van der Waals surface area contributed by atoms with Crippen molar-refractivity contribution in [2.24, 2.45) is 0 Å². The van der Waals surface area contributed by atoms with E-state index in [1.165, 1.54) is 0 Å². The zero-order chi connectivity index (χ0) is 17.7. The number of likely N-dealkylation sites (tertiary alicyclic amines) is 1. The maximum absolute atomic E-state index is 12.7. The molecular formula is C20H24N4O2. The lowest BCUT2D eigenvalue weighted by molar-refractivity contribution is -0.138. The van der Waals surface area contributed by atoms with E-state index < -0.39 is 5.72 Å². The van der Waals surface area contributed by atoms with Gasteiger partial charge in [0.25, 0.3) is 0 Å². The Balaban J connectivity index is 1.40. The van der Waals surface area contributed by atoms with Gasteiger partial charge < -0.3 is 14.2 Å². The molecule has 3 aliphatic heterocycles. The van der Waals surface area contributed by atoms with E-state index in [1.54, 1.807) is 0 Å². The molecule has 3 fully saturated rings. The van der Waals surface area contributed by atoms with Crippen LogP contribution in [0.25, 0.3) is 0 Å². The van der Waals surface area contributed by atoms with Crippen LogP contribution in [0.4, 0.5) is 0 Å². The van der Waals surface area contributed by atoms with Crippen molar-refractivity contribution in [3.05, 3.63) is 54.1 Å². The van der Waals surface area contributed by atoms with Crippen LogP contribution in [0.3, 0.4) is 0 Å². The SMILES string of the molecule is CCn1ccnc1CN1CC[C@@]23O[C@@H](c4ccccc4)CN2C(=O)C[C@@H]13.